The molecule has 1 saturated carbocycles. The molecule has 1 amide bonds. The van der Waals surface area contributed by atoms with Gasteiger partial charge in [-0.1, -0.05) is 11.6 Å². The average Bonchev–Trinajstić information content (AvgIpc) is 3.11. The molecule has 2 fully saturated rings. The molecule has 0 radical (unpaired) electrons. The lowest BCUT2D eigenvalue weighted by Crippen LogP contribution is -2.45. The standard InChI is InChI=1S/C16H21F3N4O3/c17-16(18,19)11-4-1-3-10(7-11)14(24)22-6-2-5-12(8-22)23-9-13(15(25)26)20-21-23/h9-12H,1-8H2,(H,25,26). The van der Waals surface area contributed by atoms with Crippen LogP contribution >= 0.6 is 0 Å². The number of rotatable bonds is 3. The largest absolute Gasteiger partial charge is 0.476 e. The van der Waals surface area contributed by atoms with Gasteiger partial charge in [-0.3, -0.25) is 4.79 Å². The van der Waals surface area contributed by atoms with Crippen LogP contribution in [0.3, 0.4) is 0 Å². The highest BCUT2D eigenvalue weighted by atomic mass is 19.4. The van der Waals surface area contributed by atoms with Crippen molar-refractivity contribution >= 4 is 11.9 Å². The second kappa shape index (κ2) is 7.24. The molecule has 1 aliphatic heterocycles. The van der Waals surface area contributed by atoms with Crippen LogP contribution in [0.15, 0.2) is 6.20 Å². The van der Waals surface area contributed by atoms with Crippen molar-refractivity contribution < 1.29 is 27.9 Å². The van der Waals surface area contributed by atoms with Gasteiger partial charge in [0, 0.05) is 19.0 Å². The number of hydrogen-bond acceptors (Lipinski definition) is 4. The van der Waals surface area contributed by atoms with Gasteiger partial charge < -0.3 is 10.0 Å². The number of carbonyl (C=O) groups is 2. The van der Waals surface area contributed by atoms with Crippen molar-refractivity contribution in [2.45, 2.75) is 50.7 Å². The maximum Gasteiger partial charge on any atom is 0.391 e. The first kappa shape index (κ1) is 18.7. The maximum absolute atomic E-state index is 13.0. The fourth-order valence-corrected chi connectivity index (χ4v) is 3.89. The predicted octanol–water partition coefficient (Wildman–Crippen LogP) is 2.51. The van der Waals surface area contributed by atoms with Gasteiger partial charge in [-0.2, -0.15) is 13.2 Å². The molecule has 2 heterocycles. The summed E-state index contributed by atoms with van der Waals surface area (Å²) in [6, 6.07) is -0.213. The zero-order chi connectivity index (χ0) is 18.9. The van der Waals surface area contributed by atoms with Gasteiger partial charge in [-0.15, -0.1) is 5.10 Å². The molecule has 3 rings (SSSR count). The highest BCUT2D eigenvalue weighted by Crippen LogP contribution is 2.40. The Kier molecular flexibility index (Phi) is 5.19. The fraction of sp³-hybridized carbons (Fsp3) is 0.750. The lowest BCUT2D eigenvalue weighted by molar-refractivity contribution is -0.187. The molecule has 0 aromatic carbocycles. The molecule has 3 unspecified atom stereocenters. The number of piperidine rings is 1. The number of carboxylic acids is 1. The number of aromatic carboxylic acids is 1. The van der Waals surface area contributed by atoms with E-state index in [-0.39, 0.29) is 30.5 Å². The first-order chi connectivity index (χ1) is 12.3. The van der Waals surface area contributed by atoms with E-state index in [9.17, 15) is 22.8 Å². The maximum atomic E-state index is 13.0. The van der Waals surface area contributed by atoms with E-state index in [4.69, 9.17) is 5.11 Å². The summed E-state index contributed by atoms with van der Waals surface area (Å²) in [5.74, 6) is -3.42. The van der Waals surface area contributed by atoms with Crippen LogP contribution < -0.4 is 0 Å². The predicted molar refractivity (Wildman–Crippen MR) is 83.3 cm³/mol. The van der Waals surface area contributed by atoms with Gasteiger partial charge in [0.2, 0.25) is 5.91 Å². The number of hydrogen-bond donors (Lipinski definition) is 1. The summed E-state index contributed by atoms with van der Waals surface area (Å²) in [6.45, 7) is 0.817. The summed E-state index contributed by atoms with van der Waals surface area (Å²) in [4.78, 5) is 25.2. The molecule has 7 nitrogen and oxygen atoms in total. The van der Waals surface area contributed by atoms with Crippen LogP contribution in [-0.4, -0.2) is 56.1 Å². The minimum absolute atomic E-state index is 0.0901. The zero-order valence-corrected chi connectivity index (χ0v) is 14.2. The molecular formula is C16H21F3N4O3. The Balaban J connectivity index is 1.65. The molecule has 10 heteroatoms. The summed E-state index contributed by atoms with van der Waals surface area (Å²) in [5.41, 5.74) is -0.172. The van der Waals surface area contributed by atoms with E-state index in [1.165, 1.54) is 10.9 Å². The molecule has 1 saturated heterocycles. The van der Waals surface area contributed by atoms with Gasteiger partial charge in [0.05, 0.1) is 18.2 Å². The highest BCUT2D eigenvalue weighted by molar-refractivity contribution is 5.84. The van der Waals surface area contributed by atoms with Crippen LogP contribution in [0.25, 0.3) is 0 Å². The molecule has 1 N–H and O–H groups in total. The van der Waals surface area contributed by atoms with Crippen molar-refractivity contribution in [3.8, 4) is 0 Å². The molecule has 3 atom stereocenters. The summed E-state index contributed by atoms with van der Waals surface area (Å²) in [7, 11) is 0. The van der Waals surface area contributed by atoms with Gasteiger partial charge in [0.1, 0.15) is 0 Å². The Morgan fingerprint density at radius 2 is 1.96 bits per heavy atom. The molecule has 0 spiro atoms. The quantitative estimate of drug-likeness (QED) is 0.878. The topological polar surface area (TPSA) is 88.3 Å². The Morgan fingerprint density at radius 3 is 2.62 bits per heavy atom. The Hall–Kier alpha value is -2.13. The summed E-state index contributed by atoms with van der Waals surface area (Å²) in [6.07, 6.45) is -0.695. The molecule has 144 valence electrons. The van der Waals surface area contributed by atoms with Crippen LogP contribution in [0, 0.1) is 11.8 Å². The lowest BCUT2D eigenvalue weighted by Gasteiger charge is -2.37. The first-order valence-electron chi connectivity index (χ1n) is 8.76. The van der Waals surface area contributed by atoms with Crippen molar-refractivity contribution in [2.24, 2.45) is 11.8 Å². The third-order valence-corrected chi connectivity index (χ3v) is 5.30. The van der Waals surface area contributed by atoms with E-state index in [2.05, 4.69) is 10.3 Å². The van der Waals surface area contributed by atoms with Gasteiger partial charge in [0.15, 0.2) is 5.69 Å². The number of carbonyl (C=O) groups excluding carboxylic acids is 1. The van der Waals surface area contributed by atoms with Crippen LogP contribution in [0.1, 0.15) is 55.1 Å². The summed E-state index contributed by atoms with van der Waals surface area (Å²) < 4.78 is 40.4. The third kappa shape index (κ3) is 3.99. The second-order valence-corrected chi connectivity index (χ2v) is 7.07. The minimum atomic E-state index is -4.25. The number of nitrogens with zero attached hydrogens (tertiary/aromatic N) is 4. The Morgan fingerprint density at radius 1 is 1.19 bits per heavy atom. The van der Waals surface area contributed by atoms with Crippen LogP contribution in [0.2, 0.25) is 0 Å². The van der Waals surface area contributed by atoms with Crippen molar-refractivity contribution in [2.75, 3.05) is 13.1 Å². The second-order valence-electron chi connectivity index (χ2n) is 7.07. The Bertz CT molecular complexity index is 676. The van der Waals surface area contributed by atoms with Crippen molar-refractivity contribution in [3.05, 3.63) is 11.9 Å². The lowest BCUT2D eigenvalue weighted by atomic mass is 9.80. The van der Waals surface area contributed by atoms with E-state index < -0.39 is 24.0 Å². The van der Waals surface area contributed by atoms with Crippen molar-refractivity contribution in [1.82, 2.24) is 19.9 Å². The van der Waals surface area contributed by atoms with E-state index in [0.29, 0.717) is 38.8 Å². The molecule has 1 aliphatic carbocycles. The highest BCUT2D eigenvalue weighted by Gasteiger charge is 2.44. The van der Waals surface area contributed by atoms with Gasteiger partial charge in [0.25, 0.3) is 0 Å². The monoisotopic (exact) mass is 374 g/mol. The van der Waals surface area contributed by atoms with E-state index in [1.54, 1.807) is 4.90 Å². The summed E-state index contributed by atoms with van der Waals surface area (Å²) in [5, 5.41) is 16.3. The zero-order valence-electron chi connectivity index (χ0n) is 14.2. The van der Waals surface area contributed by atoms with Crippen molar-refractivity contribution in [3.63, 3.8) is 0 Å². The number of carboxylic acid groups (broad SMARTS) is 1. The van der Waals surface area contributed by atoms with Gasteiger partial charge in [-0.05, 0) is 32.1 Å². The summed E-state index contributed by atoms with van der Waals surface area (Å²) >= 11 is 0. The number of halogens is 3. The molecular weight excluding hydrogens is 353 g/mol. The SMILES string of the molecule is O=C(O)c1cn(C2CCCN(C(=O)C3CCCC(C(F)(F)F)C3)C2)nn1. The van der Waals surface area contributed by atoms with Gasteiger partial charge >= 0.3 is 12.1 Å². The van der Waals surface area contributed by atoms with E-state index in [0.717, 1.165) is 0 Å². The van der Waals surface area contributed by atoms with Gasteiger partial charge in [-0.25, -0.2) is 9.48 Å². The number of amides is 1. The smallest absolute Gasteiger partial charge is 0.391 e. The fourth-order valence-electron chi connectivity index (χ4n) is 3.89. The number of alkyl halides is 3. The minimum Gasteiger partial charge on any atom is -0.476 e. The molecule has 26 heavy (non-hydrogen) atoms. The number of aromatic nitrogens is 3. The molecule has 1 aromatic rings. The molecule has 1 aromatic heterocycles. The first-order valence-corrected chi connectivity index (χ1v) is 8.76. The van der Waals surface area contributed by atoms with Crippen molar-refractivity contribution in [1.29, 1.82) is 0 Å². The molecule has 0 bridgehead atoms. The normalized spacial score (nSPS) is 27.3. The van der Waals surface area contributed by atoms with Crippen LogP contribution in [-0.2, 0) is 4.79 Å². The van der Waals surface area contributed by atoms with Crippen LogP contribution in [0.5, 0.6) is 0 Å². The average molecular weight is 374 g/mol. The van der Waals surface area contributed by atoms with E-state index in [1.807, 2.05) is 0 Å². The molecule has 2 aliphatic rings. The van der Waals surface area contributed by atoms with Crippen LogP contribution in [0.4, 0.5) is 13.2 Å². The third-order valence-electron chi connectivity index (χ3n) is 5.30. The van der Waals surface area contributed by atoms with E-state index >= 15 is 0 Å². The Labute approximate surface area is 148 Å². The number of likely N-dealkylation sites (tertiary alicyclic amines) is 1.